The zero-order chi connectivity index (χ0) is 20.4. The second-order valence-corrected chi connectivity index (χ2v) is 6.90. The van der Waals surface area contributed by atoms with Gasteiger partial charge in [-0.2, -0.15) is 0 Å². The summed E-state index contributed by atoms with van der Waals surface area (Å²) in [7, 11) is 7.88. The van der Waals surface area contributed by atoms with E-state index in [-0.39, 0.29) is 5.78 Å². The number of rotatable bonds is 8. The molecule has 0 atom stereocenters. The highest BCUT2D eigenvalue weighted by Gasteiger charge is 2.01. The molecule has 28 heavy (non-hydrogen) atoms. The van der Waals surface area contributed by atoms with Gasteiger partial charge in [0.25, 0.3) is 0 Å². The van der Waals surface area contributed by atoms with E-state index in [0.717, 1.165) is 22.3 Å². The minimum Gasteiger partial charge on any atom is -0.383 e. The molecule has 0 aliphatic heterocycles. The Morgan fingerprint density at radius 3 is 1.29 bits per heavy atom. The fourth-order valence-corrected chi connectivity index (χ4v) is 2.64. The summed E-state index contributed by atoms with van der Waals surface area (Å²) in [6.45, 7) is 0. The lowest BCUT2D eigenvalue weighted by Gasteiger charge is -2.09. The lowest BCUT2D eigenvalue weighted by molar-refractivity contribution is -0.110. The Morgan fingerprint density at radius 1 is 0.607 bits per heavy atom. The standard InChI is InChI=1S/C25H28N2O/c1-26(2)19-23(21-11-7-5-8-12-21)15-17-25(28)18-16-24(20-27(3)4)22-13-9-6-10-14-22/h5-20H,1-4H3. The van der Waals surface area contributed by atoms with Crippen LogP contribution >= 0.6 is 0 Å². The second-order valence-electron chi connectivity index (χ2n) is 6.90. The predicted octanol–water partition coefficient (Wildman–Crippen LogP) is 4.87. The first-order chi connectivity index (χ1) is 13.5. The topological polar surface area (TPSA) is 23.6 Å². The van der Waals surface area contributed by atoms with Crippen LogP contribution in [0.2, 0.25) is 0 Å². The molecule has 2 rings (SSSR count). The lowest BCUT2D eigenvalue weighted by atomic mass is 10.0. The van der Waals surface area contributed by atoms with Gasteiger partial charge in [-0.3, -0.25) is 4.79 Å². The first-order valence-corrected chi connectivity index (χ1v) is 9.23. The lowest BCUT2D eigenvalue weighted by Crippen LogP contribution is -2.02. The molecule has 0 saturated heterocycles. The van der Waals surface area contributed by atoms with E-state index >= 15 is 0 Å². The minimum atomic E-state index is -0.0545. The highest BCUT2D eigenvalue weighted by Crippen LogP contribution is 2.17. The Balaban J connectivity index is 2.20. The average Bonchev–Trinajstić information content (AvgIpc) is 2.69. The van der Waals surface area contributed by atoms with E-state index in [9.17, 15) is 4.79 Å². The number of benzene rings is 2. The van der Waals surface area contributed by atoms with E-state index in [1.165, 1.54) is 0 Å². The predicted molar refractivity (Wildman–Crippen MR) is 119 cm³/mol. The molecule has 0 spiro atoms. The van der Waals surface area contributed by atoms with Gasteiger partial charge in [-0.05, 0) is 46.6 Å². The summed E-state index contributed by atoms with van der Waals surface area (Å²) in [5.41, 5.74) is 4.11. The summed E-state index contributed by atoms with van der Waals surface area (Å²) in [6.07, 6.45) is 10.9. The molecule has 0 saturated carbocycles. The fraction of sp³-hybridized carbons (Fsp3) is 0.160. The highest BCUT2D eigenvalue weighted by molar-refractivity contribution is 6.02. The summed E-state index contributed by atoms with van der Waals surface area (Å²) in [4.78, 5) is 16.4. The largest absolute Gasteiger partial charge is 0.383 e. The fourth-order valence-electron chi connectivity index (χ4n) is 2.64. The average molecular weight is 373 g/mol. The summed E-state index contributed by atoms with van der Waals surface area (Å²) in [5.74, 6) is -0.0545. The van der Waals surface area contributed by atoms with E-state index in [4.69, 9.17) is 0 Å². The quantitative estimate of drug-likeness (QED) is 0.488. The molecule has 0 aromatic heterocycles. The van der Waals surface area contributed by atoms with Crippen LogP contribution in [0.4, 0.5) is 0 Å². The van der Waals surface area contributed by atoms with Crippen molar-refractivity contribution in [2.45, 2.75) is 0 Å². The summed E-state index contributed by atoms with van der Waals surface area (Å²) < 4.78 is 0. The molecule has 0 aliphatic rings. The minimum absolute atomic E-state index is 0.0545. The second kappa shape index (κ2) is 10.7. The normalized spacial score (nSPS) is 12.6. The van der Waals surface area contributed by atoms with Gasteiger partial charge in [0.2, 0.25) is 0 Å². The number of carbonyl (C=O) groups is 1. The third-order valence-corrected chi connectivity index (χ3v) is 3.86. The van der Waals surface area contributed by atoms with Crippen LogP contribution < -0.4 is 0 Å². The van der Waals surface area contributed by atoms with Crippen LogP contribution in [-0.4, -0.2) is 43.8 Å². The molecular weight excluding hydrogens is 344 g/mol. The molecule has 0 aliphatic carbocycles. The monoisotopic (exact) mass is 372 g/mol. The summed E-state index contributed by atoms with van der Waals surface area (Å²) in [5, 5.41) is 0. The van der Waals surface area contributed by atoms with Gasteiger partial charge in [0, 0.05) is 40.6 Å². The molecule has 0 amide bonds. The van der Waals surface area contributed by atoms with Crippen LogP contribution in [0.3, 0.4) is 0 Å². The van der Waals surface area contributed by atoms with Gasteiger partial charge in [-0.25, -0.2) is 0 Å². The van der Waals surface area contributed by atoms with Crippen LogP contribution in [0.15, 0.2) is 97.4 Å². The van der Waals surface area contributed by atoms with Gasteiger partial charge in [0.15, 0.2) is 5.78 Å². The van der Waals surface area contributed by atoms with Crippen LogP contribution in [0.5, 0.6) is 0 Å². The third kappa shape index (κ3) is 7.12. The van der Waals surface area contributed by atoms with Gasteiger partial charge in [0.1, 0.15) is 0 Å². The number of nitrogens with zero attached hydrogens (tertiary/aromatic N) is 2. The van der Waals surface area contributed by atoms with E-state index < -0.39 is 0 Å². The third-order valence-electron chi connectivity index (χ3n) is 3.86. The van der Waals surface area contributed by atoms with Crippen molar-refractivity contribution in [1.82, 2.24) is 9.80 Å². The molecule has 0 radical (unpaired) electrons. The van der Waals surface area contributed by atoms with Gasteiger partial charge >= 0.3 is 0 Å². The maximum absolute atomic E-state index is 12.4. The summed E-state index contributed by atoms with van der Waals surface area (Å²) in [6, 6.07) is 20.1. The Hall–Kier alpha value is -3.33. The van der Waals surface area contributed by atoms with Crippen molar-refractivity contribution in [3.05, 3.63) is 108 Å². The van der Waals surface area contributed by atoms with E-state index in [1.807, 2.05) is 123 Å². The van der Waals surface area contributed by atoms with Crippen LogP contribution in [-0.2, 0) is 4.79 Å². The van der Waals surface area contributed by atoms with Crippen molar-refractivity contribution in [3.63, 3.8) is 0 Å². The molecule has 2 aromatic carbocycles. The zero-order valence-corrected chi connectivity index (χ0v) is 17.0. The van der Waals surface area contributed by atoms with Crippen molar-refractivity contribution in [2.75, 3.05) is 28.2 Å². The smallest absolute Gasteiger partial charge is 0.178 e. The maximum Gasteiger partial charge on any atom is 0.178 e. The van der Waals surface area contributed by atoms with E-state index in [0.29, 0.717) is 0 Å². The van der Waals surface area contributed by atoms with Crippen LogP contribution in [0.1, 0.15) is 11.1 Å². The van der Waals surface area contributed by atoms with Crippen molar-refractivity contribution >= 4 is 16.9 Å². The number of hydrogen-bond acceptors (Lipinski definition) is 3. The number of hydrogen-bond donors (Lipinski definition) is 0. The van der Waals surface area contributed by atoms with Crippen LogP contribution in [0, 0.1) is 0 Å². The van der Waals surface area contributed by atoms with Crippen LogP contribution in [0.25, 0.3) is 11.1 Å². The first-order valence-electron chi connectivity index (χ1n) is 9.23. The molecule has 0 unspecified atom stereocenters. The Labute approximate surface area is 168 Å². The first kappa shape index (κ1) is 21.0. The molecule has 3 heteroatoms. The van der Waals surface area contributed by atoms with Gasteiger partial charge in [-0.1, -0.05) is 60.7 Å². The molecule has 3 nitrogen and oxygen atoms in total. The number of carbonyl (C=O) groups excluding carboxylic acids is 1. The maximum atomic E-state index is 12.4. The van der Waals surface area contributed by atoms with Gasteiger partial charge in [-0.15, -0.1) is 0 Å². The van der Waals surface area contributed by atoms with E-state index in [1.54, 1.807) is 12.2 Å². The molecule has 0 N–H and O–H groups in total. The molecule has 144 valence electrons. The highest BCUT2D eigenvalue weighted by atomic mass is 16.1. The number of allylic oxidation sites excluding steroid dienone is 6. The van der Waals surface area contributed by atoms with Crippen molar-refractivity contribution < 1.29 is 4.79 Å². The molecule has 0 heterocycles. The van der Waals surface area contributed by atoms with Crippen molar-refractivity contribution in [1.29, 1.82) is 0 Å². The van der Waals surface area contributed by atoms with Gasteiger partial charge in [0.05, 0.1) is 0 Å². The Kier molecular flexibility index (Phi) is 8.04. The molecular formula is C25H28N2O. The van der Waals surface area contributed by atoms with E-state index in [2.05, 4.69) is 0 Å². The number of ketones is 1. The molecule has 0 bridgehead atoms. The van der Waals surface area contributed by atoms with Crippen molar-refractivity contribution in [3.8, 4) is 0 Å². The molecule has 0 fully saturated rings. The Bertz CT molecular complexity index is 800. The Morgan fingerprint density at radius 2 is 0.964 bits per heavy atom. The summed E-state index contributed by atoms with van der Waals surface area (Å²) >= 11 is 0. The molecule has 2 aromatic rings. The zero-order valence-electron chi connectivity index (χ0n) is 17.0. The SMILES string of the molecule is CN(C)C=C(C=CC(=O)C=CC(=CN(C)C)c1ccccc1)c1ccccc1. The van der Waals surface area contributed by atoms with Crippen molar-refractivity contribution in [2.24, 2.45) is 0 Å². The van der Waals surface area contributed by atoms with Gasteiger partial charge < -0.3 is 9.80 Å².